The van der Waals surface area contributed by atoms with Gasteiger partial charge in [-0.15, -0.1) is 11.6 Å². The number of amides is 1. The van der Waals surface area contributed by atoms with Crippen molar-refractivity contribution >= 4 is 17.5 Å². The molecule has 1 aromatic rings. The molecule has 0 atom stereocenters. The number of hydrogen-bond donors (Lipinski definition) is 2. The van der Waals surface area contributed by atoms with Gasteiger partial charge in [-0.3, -0.25) is 4.79 Å². The molecule has 112 valence electrons. The second-order valence-corrected chi connectivity index (χ2v) is 5.90. The van der Waals surface area contributed by atoms with Crippen molar-refractivity contribution in [1.29, 1.82) is 0 Å². The number of benzene rings is 1. The van der Waals surface area contributed by atoms with E-state index in [0.717, 1.165) is 12.8 Å². The van der Waals surface area contributed by atoms with Crippen molar-refractivity contribution in [1.82, 2.24) is 5.32 Å². The number of hydrogen-bond acceptors (Lipinski definition) is 3. The van der Waals surface area contributed by atoms with Crippen LogP contribution in [0.15, 0.2) is 18.2 Å². The summed E-state index contributed by atoms with van der Waals surface area (Å²) in [6.45, 7) is 4.68. The minimum Gasteiger partial charge on any atom is -0.507 e. The first kappa shape index (κ1) is 16.6. The fourth-order valence-electron chi connectivity index (χ4n) is 1.87. The molecule has 0 aliphatic carbocycles. The number of methoxy groups -OCH3 is 1. The number of nitrogens with one attached hydrogen (secondary N) is 1. The minimum atomic E-state index is -0.305. The van der Waals surface area contributed by atoms with Gasteiger partial charge in [-0.05, 0) is 36.5 Å². The highest BCUT2D eigenvalue weighted by Crippen LogP contribution is 2.24. The van der Waals surface area contributed by atoms with Crippen LogP contribution in [0.3, 0.4) is 0 Å². The van der Waals surface area contributed by atoms with E-state index < -0.39 is 0 Å². The van der Waals surface area contributed by atoms with Gasteiger partial charge in [-0.1, -0.05) is 13.8 Å². The van der Waals surface area contributed by atoms with Gasteiger partial charge >= 0.3 is 0 Å². The van der Waals surface area contributed by atoms with E-state index in [9.17, 15) is 9.90 Å². The normalized spacial score (nSPS) is 11.2. The van der Waals surface area contributed by atoms with Crippen molar-refractivity contribution < 1.29 is 14.6 Å². The molecule has 0 spiro atoms. The molecule has 1 rings (SSSR count). The number of phenols is 1. The van der Waals surface area contributed by atoms with E-state index in [1.165, 1.54) is 19.2 Å². The van der Waals surface area contributed by atoms with E-state index >= 15 is 0 Å². The van der Waals surface area contributed by atoms with Gasteiger partial charge in [0.05, 0.1) is 12.7 Å². The molecule has 4 nitrogen and oxygen atoms in total. The Morgan fingerprint density at radius 1 is 1.45 bits per heavy atom. The van der Waals surface area contributed by atoms with Crippen LogP contribution in [0.1, 0.15) is 37.0 Å². The van der Waals surface area contributed by atoms with Crippen molar-refractivity contribution in [2.24, 2.45) is 5.41 Å². The molecule has 5 heteroatoms. The molecule has 0 saturated carbocycles. The van der Waals surface area contributed by atoms with Gasteiger partial charge < -0.3 is 15.2 Å². The first-order chi connectivity index (χ1) is 9.39. The third-order valence-corrected chi connectivity index (χ3v) is 3.43. The van der Waals surface area contributed by atoms with E-state index in [4.69, 9.17) is 16.3 Å². The van der Waals surface area contributed by atoms with Crippen molar-refractivity contribution in [3.63, 3.8) is 0 Å². The fourth-order valence-corrected chi connectivity index (χ4v) is 2.01. The molecule has 1 aromatic carbocycles. The molecule has 0 saturated heterocycles. The predicted octanol–water partition coefficient (Wildman–Crippen LogP) is 3.18. The summed E-state index contributed by atoms with van der Waals surface area (Å²) in [5, 5.41) is 12.6. The Kier molecular flexibility index (Phi) is 6.14. The highest BCUT2D eigenvalue weighted by Gasteiger charge is 2.20. The summed E-state index contributed by atoms with van der Waals surface area (Å²) < 4.78 is 5.05. The zero-order chi connectivity index (χ0) is 15.2. The van der Waals surface area contributed by atoms with Gasteiger partial charge in [0, 0.05) is 12.4 Å². The summed E-state index contributed by atoms with van der Waals surface area (Å²) in [5.41, 5.74) is 0.191. The number of carbonyl (C=O) groups excluding carboxylic acids is 1. The summed E-state index contributed by atoms with van der Waals surface area (Å²) in [7, 11) is 1.52. The van der Waals surface area contributed by atoms with Crippen LogP contribution >= 0.6 is 11.6 Å². The lowest BCUT2D eigenvalue weighted by Gasteiger charge is -2.24. The van der Waals surface area contributed by atoms with Crippen LogP contribution in [-0.2, 0) is 0 Å². The highest BCUT2D eigenvalue weighted by molar-refractivity contribution is 6.17. The van der Waals surface area contributed by atoms with Gasteiger partial charge in [0.25, 0.3) is 5.91 Å². The molecule has 2 N–H and O–H groups in total. The Balaban J connectivity index is 2.67. The number of aromatic hydroxyl groups is 1. The summed E-state index contributed by atoms with van der Waals surface area (Å²) in [5.74, 6) is 0.796. The maximum atomic E-state index is 12.1. The maximum Gasteiger partial charge on any atom is 0.255 e. The SMILES string of the molecule is COc1ccc(O)c(C(=O)NCC(C)(C)CCCCl)c1. The predicted molar refractivity (Wildman–Crippen MR) is 80.7 cm³/mol. The van der Waals surface area contributed by atoms with Crippen LogP contribution in [0.5, 0.6) is 11.5 Å². The zero-order valence-corrected chi connectivity index (χ0v) is 13.0. The lowest BCUT2D eigenvalue weighted by Crippen LogP contribution is -2.34. The Hall–Kier alpha value is -1.42. The first-order valence-electron chi connectivity index (χ1n) is 6.61. The molecule has 0 heterocycles. The van der Waals surface area contributed by atoms with Crippen LogP contribution in [-0.4, -0.2) is 30.5 Å². The maximum absolute atomic E-state index is 12.1. The lowest BCUT2D eigenvalue weighted by atomic mass is 9.88. The average Bonchev–Trinajstić information content (AvgIpc) is 2.43. The van der Waals surface area contributed by atoms with E-state index in [2.05, 4.69) is 19.2 Å². The Morgan fingerprint density at radius 2 is 2.15 bits per heavy atom. The molecule has 1 amide bonds. The Morgan fingerprint density at radius 3 is 2.75 bits per heavy atom. The Labute approximate surface area is 125 Å². The first-order valence-corrected chi connectivity index (χ1v) is 7.14. The minimum absolute atomic E-state index is 0.0287. The molecular weight excluding hydrogens is 278 g/mol. The van der Waals surface area contributed by atoms with Crippen LogP contribution in [0.25, 0.3) is 0 Å². The van der Waals surface area contributed by atoms with Crippen LogP contribution in [0, 0.1) is 5.41 Å². The second-order valence-electron chi connectivity index (χ2n) is 5.52. The van der Waals surface area contributed by atoms with Crippen molar-refractivity contribution in [2.45, 2.75) is 26.7 Å². The van der Waals surface area contributed by atoms with Gasteiger partial charge in [-0.25, -0.2) is 0 Å². The van der Waals surface area contributed by atoms with Gasteiger partial charge in [0.15, 0.2) is 0 Å². The molecule has 0 bridgehead atoms. The fraction of sp³-hybridized carbons (Fsp3) is 0.533. The van der Waals surface area contributed by atoms with Crippen LogP contribution in [0.4, 0.5) is 0 Å². The third-order valence-electron chi connectivity index (χ3n) is 3.16. The zero-order valence-electron chi connectivity index (χ0n) is 12.2. The smallest absolute Gasteiger partial charge is 0.255 e. The van der Waals surface area contributed by atoms with Crippen LogP contribution < -0.4 is 10.1 Å². The highest BCUT2D eigenvalue weighted by atomic mass is 35.5. The topological polar surface area (TPSA) is 58.6 Å². The quantitative estimate of drug-likeness (QED) is 0.760. The van der Waals surface area contributed by atoms with Crippen molar-refractivity contribution in [2.75, 3.05) is 19.5 Å². The van der Waals surface area contributed by atoms with Crippen molar-refractivity contribution in [3.05, 3.63) is 23.8 Å². The van der Waals surface area contributed by atoms with Gasteiger partial charge in [0.2, 0.25) is 0 Å². The van der Waals surface area contributed by atoms with E-state index in [0.29, 0.717) is 18.2 Å². The van der Waals surface area contributed by atoms with E-state index in [1.54, 1.807) is 6.07 Å². The molecule has 0 aliphatic heterocycles. The molecule has 0 aliphatic rings. The van der Waals surface area contributed by atoms with E-state index in [1.807, 2.05) is 0 Å². The summed E-state index contributed by atoms with van der Waals surface area (Å²) in [6, 6.07) is 4.58. The molecule has 0 radical (unpaired) electrons. The monoisotopic (exact) mass is 299 g/mol. The van der Waals surface area contributed by atoms with E-state index in [-0.39, 0.29) is 22.6 Å². The molecule has 0 aromatic heterocycles. The standard InChI is InChI=1S/C15H22ClNO3/c1-15(2,7-4-8-16)10-17-14(19)12-9-11(20-3)5-6-13(12)18/h5-6,9,18H,4,7-8,10H2,1-3H3,(H,17,19). The van der Waals surface area contributed by atoms with Gasteiger partial charge in [-0.2, -0.15) is 0 Å². The number of ether oxygens (including phenoxy) is 1. The number of carbonyl (C=O) groups is 1. The number of rotatable bonds is 7. The summed E-state index contributed by atoms with van der Waals surface area (Å²) in [6.07, 6.45) is 1.84. The number of phenolic OH excluding ortho intramolecular Hbond substituents is 1. The average molecular weight is 300 g/mol. The second kappa shape index (κ2) is 7.39. The van der Waals surface area contributed by atoms with Crippen molar-refractivity contribution in [3.8, 4) is 11.5 Å². The summed E-state index contributed by atoms with van der Waals surface area (Å²) >= 11 is 5.69. The molecule has 0 fully saturated rings. The lowest BCUT2D eigenvalue weighted by molar-refractivity contribution is 0.0931. The molecule has 20 heavy (non-hydrogen) atoms. The van der Waals surface area contributed by atoms with Gasteiger partial charge in [0.1, 0.15) is 11.5 Å². The molecule has 0 unspecified atom stereocenters. The Bertz CT molecular complexity index is 460. The van der Waals surface area contributed by atoms with Crippen LogP contribution in [0.2, 0.25) is 0 Å². The summed E-state index contributed by atoms with van der Waals surface area (Å²) in [4.78, 5) is 12.1. The number of halogens is 1. The number of alkyl halides is 1. The molecular formula is C15H22ClNO3. The largest absolute Gasteiger partial charge is 0.507 e. The third kappa shape index (κ3) is 4.93.